The van der Waals surface area contributed by atoms with E-state index in [-0.39, 0.29) is 11.5 Å². The number of halogens is 3. The lowest BCUT2D eigenvalue weighted by atomic mass is 10.1. The largest absolute Gasteiger partial charge is 0.397 e. The summed E-state index contributed by atoms with van der Waals surface area (Å²) >= 11 is 5.90. The van der Waals surface area contributed by atoms with Gasteiger partial charge in [-0.25, -0.2) is 5.01 Å². The topological polar surface area (TPSA) is 101 Å². The maximum atomic E-state index is 12.6. The van der Waals surface area contributed by atoms with Crippen LogP contribution in [0.15, 0.2) is 25.3 Å². The van der Waals surface area contributed by atoms with Crippen molar-refractivity contribution in [3.05, 3.63) is 47.1 Å². The van der Waals surface area contributed by atoms with E-state index in [1.54, 1.807) is 17.2 Å². The smallest absolute Gasteiger partial charge is 0.267 e. The van der Waals surface area contributed by atoms with E-state index in [1.807, 2.05) is 67.8 Å². The van der Waals surface area contributed by atoms with E-state index in [0.29, 0.717) is 35.1 Å². The highest BCUT2D eigenvalue weighted by Gasteiger charge is 2.26. The van der Waals surface area contributed by atoms with Crippen LogP contribution < -0.4 is 16.9 Å². The molecule has 5 N–H and O–H groups in total. The van der Waals surface area contributed by atoms with Crippen molar-refractivity contribution in [3.63, 3.8) is 0 Å². The van der Waals surface area contributed by atoms with Gasteiger partial charge in [0.05, 0.1) is 24.0 Å². The standard InChI is InChI=1S/C14H15I3N4O2/c1-3-5-21(6-4-2)20-14(23)8-9(15)7(13(19)22)10(16)12(18)11(8)17/h3-4H,1-2,5-6,18H2,(H2,19,22)(H,20,23). The highest BCUT2D eigenvalue weighted by atomic mass is 127. The second kappa shape index (κ2) is 9.17. The van der Waals surface area contributed by atoms with Crippen molar-refractivity contribution in [1.29, 1.82) is 0 Å². The van der Waals surface area contributed by atoms with Crippen LogP contribution in [0.3, 0.4) is 0 Å². The van der Waals surface area contributed by atoms with Gasteiger partial charge in [-0.3, -0.25) is 15.0 Å². The van der Waals surface area contributed by atoms with Gasteiger partial charge < -0.3 is 11.5 Å². The monoisotopic (exact) mass is 652 g/mol. The van der Waals surface area contributed by atoms with Crippen molar-refractivity contribution >= 4 is 85.3 Å². The van der Waals surface area contributed by atoms with Gasteiger partial charge in [0.25, 0.3) is 11.8 Å². The van der Waals surface area contributed by atoms with Crippen LogP contribution in [-0.4, -0.2) is 29.9 Å². The lowest BCUT2D eigenvalue weighted by molar-refractivity contribution is 0.0822. The Bertz CT molecular complexity index is 667. The number of nitrogen functional groups attached to an aromatic ring is 1. The molecule has 0 spiro atoms. The van der Waals surface area contributed by atoms with Crippen LogP contribution in [0, 0.1) is 10.7 Å². The number of hydrogen-bond donors (Lipinski definition) is 3. The first-order valence-electron chi connectivity index (χ1n) is 6.29. The Kier molecular flexibility index (Phi) is 8.23. The van der Waals surface area contributed by atoms with Gasteiger partial charge in [-0.15, -0.1) is 13.2 Å². The first kappa shape index (κ1) is 20.6. The fraction of sp³-hybridized carbons (Fsp3) is 0.143. The molecule has 0 radical (unpaired) electrons. The van der Waals surface area contributed by atoms with Crippen molar-refractivity contribution in [2.45, 2.75) is 0 Å². The minimum absolute atomic E-state index is 0.258. The molecule has 9 heteroatoms. The minimum atomic E-state index is -0.620. The number of carbonyl (C=O) groups excluding carboxylic acids is 2. The van der Waals surface area contributed by atoms with Crippen LogP contribution in [0.25, 0.3) is 0 Å². The zero-order valence-electron chi connectivity index (χ0n) is 12.0. The molecule has 0 aliphatic carbocycles. The second-order valence-electron chi connectivity index (χ2n) is 4.39. The molecular weight excluding hydrogens is 637 g/mol. The average molecular weight is 652 g/mol. The highest BCUT2D eigenvalue weighted by molar-refractivity contribution is 14.1. The summed E-state index contributed by atoms with van der Waals surface area (Å²) in [5.74, 6) is -0.988. The number of carbonyl (C=O) groups is 2. The zero-order chi connectivity index (χ0) is 17.7. The fourth-order valence-corrected chi connectivity index (χ4v) is 5.96. The predicted octanol–water partition coefficient (Wildman–Crippen LogP) is 2.50. The number of benzene rings is 1. The number of nitrogens with zero attached hydrogens (tertiary/aromatic N) is 1. The molecule has 0 aliphatic rings. The first-order chi connectivity index (χ1) is 10.8. The average Bonchev–Trinajstić information content (AvgIpc) is 2.45. The van der Waals surface area contributed by atoms with Gasteiger partial charge in [0.15, 0.2) is 0 Å². The highest BCUT2D eigenvalue weighted by Crippen LogP contribution is 2.33. The molecule has 6 nitrogen and oxygen atoms in total. The van der Waals surface area contributed by atoms with Crippen LogP contribution in [0.4, 0.5) is 5.69 Å². The van der Waals surface area contributed by atoms with E-state index in [2.05, 4.69) is 18.6 Å². The molecule has 1 rings (SSSR count). The second-order valence-corrected chi connectivity index (χ2v) is 7.63. The summed E-state index contributed by atoms with van der Waals surface area (Å²) in [6, 6.07) is 0. The number of rotatable bonds is 7. The third kappa shape index (κ3) is 4.79. The molecule has 0 aliphatic heterocycles. The summed E-state index contributed by atoms with van der Waals surface area (Å²) in [6.45, 7) is 8.20. The number of hydrogen-bond acceptors (Lipinski definition) is 4. The zero-order valence-corrected chi connectivity index (χ0v) is 18.5. The van der Waals surface area contributed by atoms with Gasteiger partial charge >= 0.3 is 0 Å². The van der Waals surface area contributed by atoms with Gasteiger partial charge in [-0.1, -0.05) is 12.2 Å². The molecule has 0 aromatic heterocycles. The Morgan fingerprint density at radius 1 is 1.04 bits per heavy atom. The molecule has 0 unspecified atom stereocenters. The van der Waals surface area contributed by atoms with Gasteiger partial charge in [0.2, 0.25) is 0 Å². The normalized spacial score (nSPS) is 10.4. The number of anilines is 1. The Hall–Kier alpha value is -0.410. The third-order valence-corrected chi connectivity index (χ3v) is 6.10. The van der Waals surface area contributed by atoms with Crippen LogP contribution >= 0.6 is 67.8 Å². The molecule has 0 saturated heterocycles. The van der Waals surface area contributed by atoms with E-state index in [4.69, 9.17) is 11.5 Å². The quantitative estimate of drug-likeness (QED) is 0.183. The van der Waals surface area contributed by atoms with Crippen LogP contribution in [-0.2, 0) is 0 Å². The van der Waals surface area contributed by atoms with Crippen molar-refractivity contribution in [3.8, 4) is 0 Å². The number of nitrogens with two attached hydrogens (primary N) is 2. The molecular formula is C14H15I3N4O2. The van der Waals surface area contributed by atoms with Gasteiger partial charge in [0.1, 0.15) is 0 Å². The molecule has 0 atom stereocenters. The number of primary amides is 1. The molecule has 0 heterocycles. The lowest BCUT2D eigenvalue weighted by Gasteiger charge is -2.22. The summed E-state index contributed by atoms with van der Waals surface area (Å²) < 4.78 is 1.61. The van der Waals surface area contributed by atoms with Gasteiger partial charge in [0, 0.05) is 16.7 Å². The molecule has 2 amide bonds. The third-order valence-electron chi connectivity index (χ3n) is 2.78. The fourth-order valence-electron chi connectivity index (χ4n) is 1.78. The minimum Gasteiger partial charge on any atom is -0.397 e. The van der Waals surface area contributed by atoms with Crippen molar-refractivity contribution in [2.75, 3.05) is 18.8 Å². The summed E-state index contributed by atoms with van der Waals surface area (Å²) in [6.07, 6.45) is 3.33. The Morgan fingerprint density at radius 3 is 1.96 bits per heavy atom. The summed E-state index contributed by atoms with van der Waals surface area (Å²) in [5, 5.41) is 1.65. The van der Waals surface area contributed by atoms with E-state index >= 15 is 0 Å². The summed E-state index contributed by atoms with van der Waals surface area (Å²) in [4.78, 5) is 24.3. The van der Waals surface area contributed by atoms with Crippen LogP contribution in [0.5, 0.6) is 0 Å². The van der Waals surface area contributed by atoms with Crippen molar-refractivity contribution in [1.82, 2.24) is 10.4 Å². The molecule has 0 saturated carbocycles. The van der Waals surface area contributed by atoms with Crippen molar-refractivity contribution < 1.29 is 9.59 Å². The van der Waals surface area contributed by atoms with E-state index in [1.165, 1.54) is 0 Å². The lowest BCUT2D eigenvalue weighted by Crippen LogP contribution is -2.43. The molecule has 23 heavy (non-hydrogen) atoms. The van der Waals surface area contributed by atoms with Crippen LogP contribution in [0.2, 0.25) is 0 Å². The van der Waals surface area contributed by atoms with Crippen LogP contribution in [0.1, 0.15) is 20.7 Å². The maximum absolute atomic E-state index is 12.6. The number of hydrazine groups is 1. The predicted molar refractivity (Wildman–Crippen MR) is 117 cm³/mol. The first-order valence-corrected chi connectivity index (χ1v) is 9.53. The van der Waals surface area contributed by atoms with Gasteiger partial charge in [-0.2, -0.15) is 0 Å². The molecule has 0 fully saturated rings. The number of amides is 2. The van der Waals surface area contributed by atoms with E-state index < -0.39 is 5.91 Å². The SMILES string of the molecule is C=CCN(CC=C)NC(=O)c1c(I)c(N)c(I)c(C(N)=O)c1I. The Labute approximate surface area is 175 Å². The van der Waals surface area contributed by atoms with Crippen molar-refractivity contribution in [2.24, 2.45) is 5.73 Å². The molecule has 1 aromatic carbocycles. The van der Waals surface area contributed by atoms with E-state index in [0.717, 1.165) is 0 Å². The number of nitrogens with one attached hydrogen (secondary N) is 1. The Balaban J connectivity index is 3.36. The van der Waals surface area contributed by atoms with Gasteiger partial charge in [-0.05, 0) is 67.8 Å². The summed E-state index contributed by atoms with van der Waals surface area (Å²) in [7, 11) is 0. The van der Waals surface area contributed by atoms with E-state index in [9.17, 15) is 9.59 Å². The molecule has 1 aromatic rings. The molecule has 124 valence electrons. The maximum Gasteiger partial charge on any atom is 0.267 e. The Morgan fingerprint density at radius 2 is 1.52 bits per heavy atom. The summed E-state index contributed by atoms with van der Waals surface area (Å²) in [5.41, 5.74) is 15.2. The molecule has 0 bridgehead atoms.